The summed E-state index contributed by atoms with van der Waals surface area (Å²) in [6, 6.07) is 19.1. The fourth-order valence-corrected chi connectivity index (χ4v) is 4.62. The summed E-state index contributed by atoms with van der Waals surface area (Å²) in [5.41, 5.74) is 4.15. The number of halogens is 2. The summed E-state index contributed by atoms with van der Waals surface area (Å²) >= 11 is 14.0. The molecule has 30 heavy (non-hydrogen) atoms. The summed E-state index contributed by atoms with van der Waals surface area (Å²) in [6.07, 6.45) is 2.00. The number of rotatable bonds is 5. The molecule has 0 aliphatic carbocycles. The van der Waals surface area contributed by atoms with Crippen LogP contribution in [-0.4, -0.2) is 18.2 Å². The standard InChI is InChI=1S/C24H20Cl2N2OS/c1-2-3-12-27-24(29)16-6-11-21-20(13-16)28-23(15-4-7-17(25)8-5-15)19-10-9-18(26)14-22(19)30-21/h4-11,13-14H,2-3,12H2,1H3,(H,27,29). The molecule has 0 bridgehead atoms. The van der Waals surface area contributed by atoms with Crippen molar-refractivity contribution in [2.24, 2.45) is 4.99 Å². The van der Waals surface area contributed by atoms with Crippen molar-refractivity contribution in [1.29, 1.82) is 0 Å². The van der Waals surface area contributed by atoms with Gasteiger partial charge in [0.15, 0.2) is 0 Å². The minimum absolute atomic E-state index is 0.0794. The lowest BCUT2D eigenvalue weighted by Crippen LogP contribution is -2.24. The van der Waals surface area contributed by atoms with Gasteiger partial charge in [-0.2, -0.15) is 0 Å². The molecule has 3 aromatic carbocycles. The second-order valence-corrected chi connectivity index (χ2v) is 8.96. The van der Waals surface area contributed by atoms with Crippen molar-refractivity contribution in [1.82, 2.24) is 5.32 Å². The molecule has 0 spiro atoms. The molecule has 0 unspecified atom stereocenters. The number of hydrogen-bond donors (Lipinski definition) is 1. The van der Waals surface area contributed by atoms with Crippen LogP contribution in [0.15, 0.2) is 75.4 Å². The monoisotopic (exact) mass is 454 g/mol. The number of benzene rings is 3. The third kappa shape index (κ3) is 4.56. The van der Waals surface area contributed by atoms with Crippen molar-refractivity contribution < 1.29 is 4.79 Å². The van der Waals surface area contributed by atoms with Gasteiger partial charge in [-0.1, -0.05) is 66.5 Å². The molecule has 6 heteroatoms. The predicted octanol–water partition coefficient (Wildman–Crippen LogP) is 7.16. The van der Waals surface area contributed by atoms with E-state index >= 15 is 0 Å². The zero-order valence-corrected chi connectivity index (χ0v) is 18.7. The van der Waals surface area contributed by atoms with E-state index in [1.807, 2.05) is 60.7 Å². The van der Waals surface area contributed by atoms with Crippen LogP contribution in [0.5, 0.6) is 0 Å². The molecule has 0 fully saturated rings. The van der Waals surface area contributed by atoms with Crippen LogP contribution in [0.25, 0.3) is 0 Å². The first-order valence-electron chi connectivity index (χ1n) is 9.80. The van der Waals surface area contributed by atoms with Crippen LogP contribution in [0.2, 0.25) is 10.0 Å². The topological polar surface area (TPSA) is 41.5 Å². The normalized spacial score (nSPS) is 12.4. The minimum atomic E-state index is -0.0794. The van der Waals surface area contributed by atoms with Crippen LogP contribution >= 0.6 is 35.0 Å². The molecular weight excluding hydrogens is 435 g/mol. The van der Waals surface area contributed by atoms with Crippen LogP contribution in [0.4, 0.5) is 5.69 Å². The summed E-state index contributed by atoms with van der Waals surface area (Å²) in [4.78, 5) is 19.5. The van der Waals surface area contributed by atoms with Crippen molar-refractivity contribution in [3.05, 3.63) is 87.4 Å². The fraction of sp³-hybridized carbons (Fsp3) is 0.167. The first kappa shape index (κ1) is 21.0. The second kappa shape index (κ2) is 9.25. The summed E-state index contributed by atoms with van der Waals surface area (Å²) in [5.74, 6) is -0.0794. The van der Waals surface area contributed by atoms with Crippen LogP contribution in [-0.2, 0) is 0 Å². The Morgan fingerprint density at radius 3 is 2.50 bits per heavy atom. The Morgan fingerprint density at radius 1 is 0.967 bits per heavy atom. The van der Waals surface area contributed by atoms with E-state index in [9.17, 15) is 4.79 Å². The molecule has 3 aromatic rings. The highest BCUT2D eigenvalue weighted by Gasteiger charge is 2.20. The van der Waals surface area contributed by atoms with Gasteiger partial charge < -0.3 is 5.32 Å². The molecule has 1 heterocycles. The number of unbranched alkanes of at least 4 members (excludes halogenated alkanes) is 1. The van der Waals surface area contributed by atoms with Crippen LogP contribution in [0.3, 0.4) is 0 Å². The molecule has 0 aromatic heterocycles. The Hall–Kier alpha value is -2.27. The average molecular weight is 455 g/mol. The van der Waals surface area contributed by atoms with Crippen LogP contribution < -0.4 is 5.32 Å². The first-order valence-corrected chi connectivity index (χ1v) is 11.4. The van der Waals surface area contributed by atoms with Gasteiger partial charge in [-0.05, 0) is 48.9 Å². The van der Waals surface area contributed by atoms with E-state index in [0.29, 0.717) is 22.2 Å². The molecule has 1 amide bonds. The van der Waals surface area contributed by atoms with Gasteiger partial charge in [0.2, 0.25) is 0 Å². The van der Waals surface area contributed by atoms with E-state index in [0.717, 1.165) is 45.2 Å². The van der Waals surface area contributed by atoms with Gasteiger partial charge in [0.25, 0.3) is 5.91 Å². The number of aliphatic imine (C=N–C) groups is 1. The Labute approximate surface area is 190 Å². The van der Waals surface area contributed by atoms with Gasteiger partial charge in [-0.15, -0.1) is 0 Å². The largest absolute Gasteiger partial charge is 0.352 e. The minimum Gasteiger partial charge on any atom is -0.352 e. The molecule has 0 atom stereocenters. The Morgan fingerprint density at radius 2 is 1.73 bits per heavy atom. The molecule has 152 valence electrons. The van der Waals surface area contributed by atoms with Crippen molar-refractivity contribution in [3.63, 3.8) is 0 Å². The van der Waals surface area contributed by atoms with Crippen molar-refractivity contribution >= 4 is 52.3 Å². The molecule has 1 aliphatic heterocycles. The van der Waals surface area contributed by atoms with E-state index in [-0.39, 0.29) is 5.91 Å². The number of nitrogens with one attached hydrogen (secondary N) is 1. The van der Waals surface area contributed by atoms with E-state index in [1.165, 1.54) is 0 Å². The Kier molecular flexibility index (Phi) is 6.47. The molecule has 1 aliphatic rings. The third-order valence-corrected chi connectivity index (χ3v) is 6.42. The fourth-order valence-electron chi connectivity index (χ4n) is 3.22. The number of nitrogens with zero attached hydrogens (tertiary/aromatic N) is 1. The highest BCUT2D eigenvalue weighted by molar-refractivity contribution is 7.99. The molecule has 1 N–H and O–H groups in total. The quantitative estimate of drug-likeness (QED) is 0.325. The second-order valence-electron chi connectivity index (χ2n) is 7.00. The lowest BCUT2D eigenvalue weighted by atomic mass is 10.0. The maximum Gasteiger partial charge on any atom is 0.251 e. The van der Waals surface area contributed by atoms with Crippen molar-refractivity contribution in [2.45, 2.75) is 29.6 Å². The lowest BCUT2D eigenvalue weighted by molar-refractivity contribution is 0.0953. The van der Waals surface area contributed by atoms with Gasteiger partial charge in [-0.3, -0.25) is 4.79 Å². The van der Waals surface area contributed by atoms with E-state index in [1.54, 1.807) is 11.8 Å². The molecule has 0 saturated heterocycles. The lowest BCUT2D eigenvalue weighted by Gasteiger charge is -2.09. The number of carbonyl (C=O) groups excluding carboxylic acids is 1. The zero-order valence-electron chi connectivity index (χ0n) is 16.4. The Bertz CT molecular complexity index is 1130. The maximum atomic E-state index is 12.5. The molecule has 0 saturated carbocycles. The third-order valence-electron chi connectivity index (χ3n) is 4.81. The van der Waals surface area contributed by atoms with E-state index < -0.39 is 0 Å². The van der Waals surface area contributed by atoms with Gasteiger partial charge in [-0.25, -0.2) is 4.99 Å². The Balaban J connectivity index is 1.80. The number of hydrogen-bond acceptors (Lipinski definition) is 3. The first-order chi connectivity index (χ1) is 14.5. The van der Waals surface area contributed by atoms with Gasteiger partial charge in [0.05, 0.1) is 11.4 Å². The SMILES string of the molecule is CCCCNC(=O)c1ccc2c(c1)N=C(c1ccc(Cl)cc1)c1ccc(Cl)cc1S2. The van der Waals surface area contributed by atoms with Gasteiger partial charge in [0, 0.05) is 43.1 Å². The van der Waals surface area contributed by atoms with Crippen LogP contribution in [0.1, 0.15) is 41.3 Å². The van der Waals surface area contributed by atoms with E-state index in [2.05, 4.69) is 12.2 Å². The predicted molar refractivity (Wildman–Crippen MR) is 126 cm³/mol. The molecular formula is C24H20Cl2N2OS. The summed E-state index contributed by atoms with van der Waals surface area (Å²) in [5, 5.41) is 4.31. The highest BCUT2D eigenvalue weighted by atomic mass is 35.5. The zero-order chi connectivity index (χ0) is 21.1. The van der Waals surface area contributed by atoms with E-state index in [4.69, 9.17) is 28.2 Å². The summed E-state index contributed by atoms with van der Waals surface area (Å²) in [7, 11) is 0. The summed E-state index contributed by atoms with van der Waals surface area (Å²) < 4.78 is 0. The van der Waals surface area contributed by atoms with Gasteiger partial charge >= 0.3 is 0 Å². The average Bonchev–Trinajstić information content (AvgIpc) is 2.90. The van der Waals surface area contributed by atoms with Crippen molar-refractivity contribution in [2.75, 3.05) is 6.54 Å². The van der Waals surface area contributed by atoms with Gasteiger partial charge in [0.1, 0.15) is 0 Å². The number of fused-ring (bicyclic) bond motifs is 2. The molecule has 3 nitrogen and oxygen atoms in total. The number of carbonyl (C=O) groups is 1. The summed E-state index contributed by atoms with van der Waals surface area (Å²) in [6.45, 7) is 2.77. The van der Waals surface area contributed by atoms with Crippen LogP contribution in [0, 0.1) is 0 Å². The van der Waals surface area contributed by atoms with Crippen molar-refractivity contribution in [3.8, 4) is 0 Å². The molecule has 0 radical (unpaired) electrons. The maximum absolute atomic E-state index is 12.5. The smallest absolute Gasteiger partial charge is 0.251 e. The highest BCUT2D eigenvalue weighted by Crippen LogP contribution is 2.42. The molecule has 4 rings (SSSR count). The number of amides is 1.